The van der Waals surface area contributed by atoms with Gasteiger partial charge in [-0.1, -0.05) is 24.3 Å². The van der Waals surface area contributed by atoms with Crippen molar-refractivity contribution in [2.75, 3.05) is 13.7 Å². The Labute approximate surface area is 130 Å². The van der Waals surface area contributed by atoms with Gasteiger partial charge in [0.1, 0.15) is 12.7 Å². The molecule has 2 N–H and O–H groups in total. The minimum atomic E-state index is -0.707. The number of hydrogen-bond acceptors (Lipinski definition) is 4. The van der Waals surface area contributed by atoms with Crippen LogP contribution in [0, 0.1) is 13.8 Å². The largest absolute Gasteiger partial charge is 0.493 e. The van der Waals surface area contributed by atoms with Crippen molar-refractivity contribution in [3.05, 3.63) is 58.7 Å². The zero-order chi connectivity index (χ0) is 16.1. The minimum absolute atomic E-state index is 0.0537. The van der Waals surface area contributed by atoms with E-state index >= 15 is 0 Å². The number of aryl methyl sites for hydroxylation is 2. The minimum Gasteiger partial charge on any atom is -0.493 e. The first kappa shape index (κ1) is 16.3. The van der Waals surface area contributed by atoms with E-state index in [9.17, 15) is 5.11 Å². The molecule has 0 radical (unpaired) electrons. The second-order valence-electron chi connectivity index (χ2n) is 5.31. The van der Waals surface area contributed by atoms with Gasteiger partial charge in [0.05, 0.1) is 13.7 Å². The Morgan fingerprint density at radius 1 is 1.00 bits per heavy atom. The molecule has 0 amide bonds. The predicted molar refractivity (Wildman–Crippen MR) is 85.3 cm³/mol. The van der Waals surface area contributed by atoms with Crippen molar-refractivity contribution in [3.8, 4) is 11.5 Å². The van der Waals surface area contributed by atoms with Crippen LogP contribution in [0.15, 0.2) is 36.4 Å². The summed E-state index contributed by atoms with van der Waals surface area (Å²) in [5.41, 5.74) is 3.91. The average Bonchev–Trinajstić information content (AvgIpc) is 2.54. The molecule has 2 aromatic carbocycles. The third-order valence-electron chi connectivity index (χ3n) is 3.72. The highest BCUT2D eigenvalue weighted by molar-refractivity contribution is 5.43. The molecule has 22 heavy (non-hydrogen) atoms. The van der Waals surface area contributed by atoms with Crippen LogP contribution in [0.3, 0.4) is 0 Å². The Hall–Kier alpha value is -2.04. The summed E-state index contributed by atoms with van der Waals surface area (Å²) in [6.45, 7) is 4.14. The number of rotatable bonds is 6. The van der Waals surface area contributed by atoms with E-state index in [-0.39, 0.29) is 13.2 Å². The SMILES string of the molecule is COc1cc(CO)ccc1OCC(O)c1ccc(C)c(C)c1. The van der Waals surface area contributed by atoms with E-state index in [2.05, 4.69) is 0 Å². The van der Waals surface area contributed by atoms with Crippen LogP contribution in [0.25, 0.3) is 0 Å². The highest BCUT2D eigenvalue weighted by Gasteiger charge is 2.12. The van der Waals surface area contributed by atoms with Crippen LogP contribution < -0.4 is 9.47 Å². The van der Waals surface area contributed by atoms with Gasteiger partial charge < -0.3 is 19.7 Å². The Morgan fingerprint density at radius 3 is 2.41 bits per heavy atom. The number of benzene rings is 2. The summed E-state index contributed by atoms with van der Waals surface area (Å²) in [5.74, 6) is 1.08. The first-order valence-corrected chi connectivity index (χ1v) is 7.21. The zero-order valence-corrected chi connectivity index (χ0v) is 13.2. The van der Waals surface area contributed by atoms with Gasteiger partial charge >= 0.3 is 0 Å². The Balaban J connectivity index is 2.07. The van der Waals surface area contributed by atoms with Gasteiger partial charge in [-0.2, -0.15) is 0 Å². The molecule has 1 unspecified atom stereocenters. The number of ether oxygens (including phenoxy) is 2. The third kappa shape index (κ3) is 3.78. The summed E-state index contributed by atoms with van der Waals surface area (Å²) in [5, 5.41) is 19.4. The number of methoxy groups -OCH3 is 1. The maximum absolute atomic E-state index is 10.3. The topological polar surface area (TPSA) is 58.9 Å². The van der Waals surface area contributed by atoms with Crippen LogP contribution in [0.1, 0.15) is 28.4 Å². The Morgan fingerprint density at radius 2 is 1.77 bits per heavy atom. The molecule has 4 nitrogen and oxygen atoms in total. The lowest BCUT2D eigenvalue weighted by atomic mass is 10.0. The fourth-order valence-electron chi connectivity index (χ4n) is 2.17. The molecule has 0 fully saturated rings. The van der Waals surface area contributed by atoms with Gasteiger partial charge in [-0.25, -0.2) is 0 Å². The van der Waals surface area contributed by atoms with E-state index in [0.29, 0.717) is 11.5 Å². The molecule has 0 saturated heterocycles. The van der Waals surface area contributed by atoms with Gasteiger partial charge in [0.2, 0.25) is 0 Å². The summed E-state index contributed by atoms with van der Waals surface area (Å²) in [6, 6.07) is 11.1. The number of hydrogen-bond donors (Lipinski definition) is 2. The van der Waals surface area contributed by atoms with Crippen molar-refractivity contribution < 1.29 is 19.7 Å². The fourth-order valence-corrected chi connectivity index (χ4v) is 2.17. The summed E-state index contributed by atoms with van der Waals surface area (Å²) in [6.07, 6.45) is -0.707. The van der Waals surface area contributed by atoms with Gasteiger partial charge in [0.15, 0.2) is 11.5 Å². The Kier molecular flexibility index (Phi) is 5.41. The molecule has 0 saturated carbocycles. The fraction of sp³-hybridized carbons (Fsp3) is 0.333. The van der Waals surface area contributed by atoms with Crippen molar-refractivity contribution >= 4 is 0 Å². The zero-order valence-electron chi connectivity index (χ0n) is 13.2. The second-order valence-corrected chi connectivity index (χ2v) is 5.31. The molecule has 0 heterocycles. The van der Waals surface area contributed by atoms with Crippen molar-refractivity contribution in [1.82, 2.24) is 0 Å². The van der Waals surface area contributed by atoms with Crippen LogP contribution in [0.2, 0.25) is 0 Å². The predicted octanol–water partition coefficient (Wildman–Crippen LogP) is 2.92. The smallest absolute Gasteiger partial charge is 0.161 e. The Bertz CT molecular complexity index is 637. The van der Waals surface area contributed by atoms with Crippen LogP contribution >= 0.6 is 0 Å². The molecule has 0 aliphatic heterocycles. The van der Waals surface area contributed by atoms with Crippen molar-refractivity contribution in [3.63, 3.8) is 0 Å². The summed E-state index contributed by atoms with van der Waals surface area (Å²) in [4.78, 5) is 0. The summed E-state index contributed by atoms with van der Waals surface area (Å²) in [7, 11) is 1.54. The number of aliphatic hydroxyl groups excluding tert-OH is 2. The maximum atomic E-state index is 10.3. The van der Waals surface area contributed by atoms with Gasteiger partial charge in [0.25, 0.3) is 0 Å². The van der Waals surface area contributed by atoms with Crippen molar-refractivity contribution in [2.24, 2.45) is 0 Å². The first-order valence-electron chi connectivity index (χ1n) is 7.21. The van der Waals surface area contributed by atoms with E-state index in [1.165, 1.54) is 5.56 Å². The molecule has 4 heteroatoms. The van der Waals surface area contributed by atoms with E-state index < -0.39 is 6.10 Å². The van der Waals surface area contributed by atoms with Crippen LogP contribution in [-0.4, -0.2) is 23.9 Å². The molecular formula is C18H22O4. The van der Waals surface area contributed by atoms with E-state index in [0.717, 1.165) is 16.7 Å². The molecule has 0 aliphatic rings. The lowest BCUT2D eigenvalue weighted by molar-refractivity contribution is 0.106. The average molecular weight is 302 g/mol. The normalized spacial score (nSPS) is 12.0. The quantitative estimate of drug-likeness (QED) is 0.861. The summed E-state index contributed by atoms with van der Waals surface area (Å²) >= 11 is 0. The molecule has 1 atom stereocenters. The van der Waals surface area contributed by atoms with Gasteiger partial charge in [0, 0.05) is 0 Å². The van der Waals surface area contributed by atoms with Crippen molar-refractivity contribution in [2.45, 2.75) is 26.6 Å². The second kappa shape index (κ2) is 7.29. The molecule has 0 aromatic heterocycles. The van der Waals surface area contributed by atoms with Gasteiger partial charge in [-0.05, 0) is 48.2 Å². The monoisotopic (exact) mass is 302 g/mol. The third-order valence-corrected chi connectivity index (χ3v) is 3.72. The standard InChI is InChI=1S/C18H22O4/c1-12-4-6-15(8-13(12)2)16(20)11-22-17-7-5-14(10-19)9-18(17)21-3/h4-9,16,19-20H,10-11H2,1-3H3. The van der Waals surface area contributed by atoms with E-state index in [1.807, 2.05) is 32.0 Å². The number of aliphatic hydroxyl groups is 2. The van der Waals surface area contributed by atoms with Crippen LogP contribution in [0.4, 0.5) is 0 Å². The molecule has 0 aliphatic carbocycles. The maximum Gasteiger partial charge on any atom is 0.161 e. The summed E-state index contributed by atoms with van der Waals surface area (Å²) < 4.78 is 10.9. The first-order chi connectivity index (χ1) is 10.5. The van der Waals surface area contributed by atoms with E-state index in [1.54, 1.807) is 25.3 Å². The van der Waals surface area contributed by atoms with Gasteiger partial charge in [-0.3, -0.25) is 0 Å². The van der Waals surface area contributed by atoms with E-state index in [4.69, 9.17) is 14.6 Å². The lowest BCUT2D eigenvalue weighted by Crippen LogP contribution is -2.10. The highest BCUT2D eigenvalue weighted by Crippen LogP contribution is 2.29. The highest BCUT2D eigenvalue weighted by atomic mass is 16.5. The van der Waals surface area contributed by atoms with Crippen LogP contribution in [0.5, 0.6) is 11.5 Å². The lowest BCUT2D eigenvalue weighted by Gasteiger charge is -2.16. The van der Waals surface area contributed by atoms with Crippen LogP contribution in [-0.2, 0) is 6.61 Å². The molecule has 2 aromatic rings. The molecule has 2 rings (SSSR count). The van der Waals surface area contributed by atoms with Crippen molar-refractivity contribution in [1.29, 1.82) is 0 Å². The molecule has 0 spiro atoms. The molecular weight excluding hydrogens is 280 g/mol. The molecule has 0 bridgehead atoms. The molecule has 118 valence electrons. The van der Waals surface area contributed by atoms with Gasteiger partial charge in [-0.15, -0.1) is 0 Å².